The number of carbonyl (C=O) groups excluding carboxylic acids is 1. The Labute approximate surface area is 194 Å². The summed E-state index contributed by atoms with van der Waals surface area (Å²) in [6, 6.07) is 16.3. The molecule has 172 valence electrons. The second kappa shape index (κ2) is 10.8. The molecular formula is C26H31N5O2. The van der Waals surface area contributed by atoms with E-state index in [1.165, 1.54) is 5.56 Å². The molecule has 7 heteroatoms. The van der Waals surface area contributed by atoms with Gasteiger partial charge in [-0.25, -0.2) is 9.98 Å². The van der Waals surface area contributed by atoms with Crippen LogP contribution in [0.3, 0.4) is 0 Å². The highest BCUT2D eigenvalue weighted by Gasteiger charge is 2.20. The quantitative estimate of drug-likeness (QED) is 0.404. The standard InChI is InChI=1S/C26H31N5O2/c1-3-27-26(29-16-23-18-33-25(30-23)20-12-10-19(2)11-13-20)28-15-21-7-4-5-8-22(21)17-31-14-6-9-24(31)32/h4-5,7-8,10-13,18H,3,6,9,14-17H2,1-2H3,(H2,27,28,29). The van der Waals surface area contributed by atoms with Gasteiger partial charge in [0.05, 0.1) is 18.8 Å². The summed E-state index contributed by atoms with van der Waals surface area (Å²) in [5.74, 6) is 1.56. The average molecular weight is 446 g/mol. The van der Waals surface area contributed by atoms with Gasteiger partial charge >= 0.3 is 0 Å². The fourth-order valence-corrected chi connectivity index (χ4v) is 3.84. The third-order valence-corrected chi connectivity index (χ3v) is 5.69. The summed E-state index contributed by atoms with van der Waals surface area (Å²) < 4.78 is 5.66. The van der Waals surface area contributed by atoms with E-state index in [2.05, 4.69) is 34.7 Å². The number of nitrogens with zero attached hydrogens (tertiary/aromatic N) is 3. The molecule has 0 spiro atoms. The molecule has 3 aromatic rings. The molecule has 1 amide bonds. The Kier molecular flexibility index (Phi) is 7.40. The Bertz CT molecular complexity index is 1100. The number of aromatic nitrogens is 1. The van der Waals surface area contributed by atoms with E-state index < -0.39 is 0 Å². The van der Waals surface area contributed by atoms with E-state index in [4.69, 9.17) is 9.41 Å². The lowest BCUT2D eigenvalue weighted by Gasteiger charge is -2.18. The van der Waals surface area contributed by atoms with Gasteiger partial charge in [0, 0.05) is 31.6 Å². The molecule has 2 aromatic carbocycles. The van der Waals surface area contributed by atoms with E-state index in [0.29, 0.717) is 37.9 Å². The van der Waals surface area contributed by atoms with Gasteiger partial charge in [-0.15, -0.1) is 0 Å². The minimum absolute atomic E-state index is 0.237. The van der Waals surface area contributed by atoms with Gasteiger partial charge in [0.15, 0.2) is 5.96 Å². The molecule has 0 radical (unpaired) electrons. The highest BCUT2D eigenvalue weighted by atomic mass is 16.3. The third kappa shape index (κ3) is 6.00. The second-order valence-corrected chi connectivity index (χ2v) is 8.25. The number of likely N-dealkylation sites (tertiary alicyclic amines) is 1. The molecule has 2 heterocycles. The molecule has 2 N–H and O–H groups in total. The van der Waals surface area contributed by atoms with Crippen molar-refractivity contribution in [3.8, 4) is 11.5 Å². The highest BCUT2D eigenvalue weighted by molar-refractivity contribution is 5.80. The van der Waals surface area contributed by atoms with Crippen LogP contribution in [0, 0.1) is 6.92 Å². The first-order valence-corrected chi connectivity index (χ1v) is 11.5. The molecule has 0 atom stereocenters. The number of carbonyl (C=O) groups is 1. The predicted octanol–water partition coefficient (Wildman–Crippen LogP) is 4.03. The van der Waals surface area contributed by atoms with Crippen molar-refractivity contribution in [1.29, 1.82) is 0 Å². The zero-order valence-corrected chi connectivity index (χ0v) is 19.3. The largest absolute Gasteiger partial charge is 0.444 e. The molecule has 1 aliphatic heterocycles. The maximum Gasteiger partial charge on any atom is 0.226 e. The minimum atomic E-state index is 0.237. The first-order chi connectivity index (χ1) is 16.1. The summed E-state index contributed by atoms with van der Waals surface area (Å²) in [4.78, 5) is 23.3. The van der Waals surface area contributed by atoms with Crippen LogP contribution in [0.2, 0.25) is 0 Å². The number of rotatable bonds is 8. The van der Waals surface area contributed by atoms with Crippen molar-refractivity contribution in [2.24, 2.45) is 4.99 Å². The van der Waals surface area contributed by atoms with Crippen molar-refractivity contribution in [1.82, 2.24) is 20.5 Å². The topological polar surface area (TPSA) is 82.8 Å². The van der Waals surface area contributed by atoms with Gasteiger partial charge in [-0.05, 0) is 43.5 Å². The first kappa shape index (κ1) is 22.6. The highest BCUT2D eigenvalue weighted by Crippen LogP contribution is 2.19. The molecule has 1 aromatic heterocycles. The van der Waals surface area contributed by atoms with Crippen LogP contribution in [0.5, 0.6) is 0 Å². The Morgan fingerprint density at radius 2 is 1.91 bits per heavy atom. The van der Waals surface area contributed by atoms with Crippen molar-refractivity contribution >= 4 is 11.9 Å². The maximum atomic E-state index is 12.0. The van der Waals surface area contributed by atoms with Crippen LogP contribution < -0.4 is 10.6 Å². The van der Waals surface area contributed by atoms with Gasteiger partial charge in [-0.3, -0.25) is 4.79 Å². The number of guanidine groups is 1. The number of aliphatic imine (C=N–C) groups is 1. The fraction of sp³-hybridized carbons (Fsp3) is 0.346. The van der Waals surface area contributed by atoms with Gasteiger partial charge in [0.1, 0.15) is 6.26 Å². The summed E-state index contributed by atoms with van der Waals surface area (Å²) in [6.07, 6.45) is 3.28. The molecule has 1 fully saturated rings. The molecule has 1 saturated heterocycles. The number of amides is 1. The Morgan fingerprint density at radius 1 is 1.12 bits per heavy atom. The molecule has 1 aliphatic rings. The van der Waals surface area contributed by atoms with E-state index in [0.717, 1.165) is 41.9 Å². The van der Waals surface area contributed by atoms with Crippen LogP contribution in [-0.4, -0.2) is 34.8 Å². The molecule has 0 bridgehead atoms. The molecule has 0 saturated carbocycles. The number of oxazole rings is 1. The van der Waals surface area contributed by atoms with Crippen molar-refractivity contribution in [2.75, 3.05) is 13.1 Å². The Hall–Kier alpha value is -3.61. The third-order valence-electron chi connectivity index (χ3n) is 5.69. The predicted molar refractivity (Wildman–Crippen MR) is 129 cm³/mol. The summed E-state index contributed by atoms with van der Waals surface area (Å²) >= 11 is 0. The molecule has 4 rings (SSSR count). The van der Waals surface area contributed by atoms with Gasteiger partial charge < -0.3 is 20.0 Å². The van der Waals surface area contributed by atoms with Crippen molar-refractivity contribution in [3.63, 3.8) is 0 Å². The number of aryl methyl sites for hydroxylation is 1. The summed E-state index contributed by atoms with van der Waals surface area (Å²) in [6.45, 7) is 7.36. The van der Waals surface area contributed by atoms with Crippen molar-refractivity contribution in [2.45, 2.75) is 46.3 Å². The molecule has 33 heavy (non-hydrogen) atoms. The zero-order valence-electron chi connectivity index (χ0n) is 19.3. The van der Waals surface area contributed by atoms with Gasteiger partial charge in [0.25, 0.3) is 0 Å². The summed E-state index contributed by atoms with van der Waals surface area (Å²) in [5.41, 5.74) is 5.24. The number of hydrogen-bond acceptors (Lipinski definition) is 4. The average Bonchev–Trinajstić information content (AvgIpc) is 3.46. The van der Waals surface area contributed by atoms with E-state index in [1.807, 2.05) is 48.2 Å². The zero-order chi connectivity index (χ0) is 23.0. The lowest BCUT2D eigenvalue weighted by molar-refractivity contribution is -0.128. The smallest absolute Gasteiger partial charge is 0.226 e. The van der Waals surface area contributed by atoms with Gasteiger partial charge in [-0.2, -0.15) is 0 Å². The van der Waals surface area contributed by atoms with Crippen LogP contribution in [0.15, 0.2) is 64.2 Å². The van der Waals surface area contributed by atoms with Crippen LogP contribution in [0.1, 0.15) is 42.1 Å². The normalized spacial score (nSPS) is 14.1. The van der Waals surface area contributed by atoms with Gasteiger partial charge in [0.2, 0.25) is 11.8 Å². The number of nitrogens with one attached hydrogen (secondary N) is 2. The van der Waals surface area contributed by atoms with E-state index in [1.54, 1.807) is 6.26 Å². The molecule has 7 nitrogen and oxygen atoms in total. The van der Waals surface area contributed by atoms with E-state index in [-0.39, 0.29) is 5.91 Å². The van der Waals surface area contributed by atoms with Crippen LogP contribution >= 0.6 is 0 Å². The molecular weight excluding hydrogens is 414 g/mol. The van der Waals surface area contributed by atoms with Crippen molar-refractivity contribution < 1.29 is 9.21 Å². The lowest BCUT2D eigenvalue weighted by atomic mass is 10.1. The Balaban J connectivity index is 1.39. The number of benzene rings is 2. The SMILES string of the molecule is CCNC(=NCc1ccccc1CN1CCCC1=O)NCc1coc(-c2ccc(C)cc2)n1. The fourth-order valence-electron chi connectivity index (χ4n) is 3.84. The monoisotopic (exact) mass is 445 g/mol. The van der Waals surface area contributed by atoms with E-state index in [9.17, 15) is 4.79 Å². The first-order valence-electron chi connectivity index (χ1n) is 11.5. The summed E-state index contributed by atoms with van der Waals surface area (Å²) in [7, 11) is 0. The second-order valence-electron chi connectivity index (χ2n) is 8.25. The summed E-state index contributed by atoms with van der Waals surface area (Å²) in [5, 5.41) is 6.62. The maximum absolute atomic E-state index is 12.0. The number of hydrogen-bond donors (Lipinski definition) is 2. The van der Waals surface area contributed by atoms with Crippen LogP contribution in [0.25, 0.3) is 11.5 Å². The minimum Gasteiger partial charge on any atom is -0.444 e. The van der Waals surface area contributed by atoms with Gasteiger partial charge in [-0.1, -0.05) is 42.0 Å². The molecule has 0 aliphatic carbocycles. The van der Waals surface area contributed by atoms with Crippen molar-refractivity contribution in [3.05, 3.63) is 77.2 Å². The Morgan fingerprint density at radius 3 is 2.64 bits per heavy atom. The van der Waals surface area contributed by atoms with E-state index >= 15 is 0 Å². The van der Waals surface area contributed by atoms with Crippen LogP contribution in [0.4, 0.5) is 0 Å². The molecule has 0 unspecified atom stereocenters. The lowest BCUT2D eigenvalue weighted by Crippen LogP contribution is -2.36. The van der Waals surface area contributed by atoms with Crippen LogP contribution in [-0.2, 0) is 24.4 Å².